The molecule has 1 saturated carbocycles. The van der Waals surface area contributed by atoms with E-state index in [4.69, 9.17) is 9.84 Å². The molecule has 0 radical (unpaired) electrons. The molecular formula is C13H17NO5S. The van der Waals surface area contributed by atoms with Crippen molar-refractivity contribution in [2.45, 2.75) is 30.2 Å². The van der Waals surface area contributed by atoms with Gasteiger partial charge in [-0.1, -0.05) is 18.6 Å². The summed E-state index contributed by atoms with van der Waals surface area (Å²) in [5, 5.41) is 9.09. The fourth-order valence-corrected chi connectivity index (χ4v) is 3.98. The van der Waals surface area contributed by atoms with Gasteiger partial charge in [-0.15, -0.1) is 0 Å². The highest BCUT2D eigenvalue weighted by Gasteiger charge is 2.36. The first kappa shape index (κ1) is 14.8. The molecule has 20 heavy (non-hydrogen) atoms. The number of sulfonamides is 1. The molecule has 2 N–H and O–H groups in total. The Kier molecular flexibility index (Phi) is 4.29. The van der Waals surface area contributed by atoms with Gasteiger partial charge in [0.25, 0.3) is 0 Å². The van der Waals surface area contributed by atoms with Crippen molar-refractivity contribution in [3.8, 4) is 5.75 Å². The summed E-state index contributed by atoms with van der Waals surface area (Å²) in [6, 6.07) is 5.69. The van der Waals surface area contributed by atoms with Crippen LogP contribution in [0, 0.1) is 5.92 Å². The van der Waals surface area contributed by atoms with Crippen LogP contribution in [0.25, 0.3) is 0 Å². The lowest BCUT2D eigenvalue weighted by molar-refractivity contribution is -0.141. The van der Waals surface area contributed by atoms with Gasteiger partial charge in [0, 0.05) is 6.04 Å². The average molecular weight is 299 g/mol. The molecule has 0 amide bonds. The largest absolute Gasteiger partial charge is 0.495 e. The molecule has 0 aliphatic heterocycles. The number of benzene rings is 1. The van der Waals surface area contributed by atoms with Crippen molar-refractivity contribution >= 4 is 16.0 Å². The Labute approximate surface area is 117 Å². The number of carboxylic acids is 1. The second kappa shape index (κ2) is 5.80. The first-order valence-corrected chi connectivity index (χ1v) is 7.82. The number of hydrogen-bond acceptors (Lipinski definition) is 4. The number of hydrogen-bond donors (Lipinski definition) is 2. The van der Waals surface area contributed by atoms with Gasteiger partial charge in [-0.25, -0.2) is 13.1 Å². The Morgan fingerprint density at radius 3 is 2.70 bits per heavy atom. The number of carbonyl (C=O) groups is 1. The molecule has 1 aromatic carbocycles. The van der Waals surface area contributed by atoms with Crippen LogP contribution in [0.1, 0.15) is 19.3 Å². The highest BCUT2D eigenvalue weighted by atomic mass is 32.2. The van der Waals surface area contributed by atoms with Crippen LogP contribution in [0.5, 0.6) is 5.75 Å². The number of aliphatic carboxylic acids is 1. The number of nitrogens with one attached hydrogen (secondary N) is 1. The zero-order valence-corrected chi connectivity index (χ0v) is 11.9. The Morgan fingerprint density at radius 2 is 2.05 bits per heavy atom. The van der Waals surface area contributed by atoms with Gasteiger partial charge in [-0.3, -0.25) is 4.79 Å². The maximum Gasteiger partial charge on any atom is 0.308 e. The standard InChI is InChI=1S/C13H17NO5S/c1-19-11-7-2-3-8-12(11)20(17,18)14-10-6-4-5-9(10)13(15)16/h2-3,7-10,14H,4-6H2,1H3,(H,15,16). The molecule has 0 aromatic heterocycles. The molecule has 110 valence electrons. The van der Waals surface area contributed by atoms with E-state index < -0.39 is 28.0 Å². The smallest absolute Gasteiger partial charge is 0.308 e. The molecule has 0 bridgehead atoms. The summed E-state index contributed by atoms with van der Waals surface area (Å²) in [6.07, 6.45) is 1.73. The van der Waals surface area contributed by atoms with Crippen LogP contribution >= 0.6 is 0 Å². The first-order valence-electron chi connectivity index (χ1n) is 6.34. The minimum Gasteiger partial charge on any atom is -0.495 e. The number of carboxylic acid groups (broad SMARTS) is 1. The summed E-state index contributed by atoms with van der Waals surface area (Å²) >= 11 is 0. The quantitative estimate of drug-likeness (QED) is 0.853. The van der Waals surface area contributed by atoms with Crippen LogP contribution < -0.4 is 9.46 Å². The van der Waals surface area contributed by atoms with Crippen molar-refractivity contribution in [2.24, 2.45) is 5.92 Å². The van der Waals surface area contributed by atoms with Crippen molar-refractivity contribution in [2.75, 3.05) is 7.11 Å². The van der Waals surface area contributed by atoms with Gasteiger partial charge in [0.05, 0.1) is 13.0 Å². The monoisotopic (exact) mass is 299 g/mol. The van der Waals surface area contributed by atoms with Crippen molar-refractivity contribution in [1.29, 1.82) is 0 Å². The van der Waals surface area contributed by atoms with Crippen molar-refractivity contribution in [1.82, 2.24) is 4.72 Å². The minimum atomic E-state index is -3.79. The van der Waals surface area contributed by atoms with E-state index in [1.807, 2.05) is 0 Å². The molecular weight excluding hydrogens is 282 g/mol. The number of methoxy groups -OCH3 is 1. The molecule has 2 rings (SSSR count). The summed E-state index contributed by atoms with van der Waals surface area (Å²) in [6.45, 7) is 0. The van der Waals surface area contributed by atoms with Crippen molar-refractivity contribution in [3.05, 3.63) is 24.3 Å². The highest BCUT2D eigenvalue weighted by molar-refractivity contribution is 7.89. The zero-order valence-electron chi connectivity index (χ0n) is 11.1. The third kappa shape index (κ3) is 2.94. The van der Waals surface area contributed by atoms with Gasteiger partial charge in [-0.2, -0.15) is 0 Å². The molecule has 0 spiro atoms. The lowest BCUT2D eigenvalue weighted by Gasteiger charge is -2.18. The second-order valence-electron chi connectivity index (χ2n) is 4.75. The average Bonchev–Trinajstić information content (AvgIpc) is 2.86. The second-order valence-corrected chi connectivity index (χ2v) is 6.44. The molecule has 1 aromatic rings. The van der Waals surface area contributed by atoms with Crippen LogP contribution in [-0.4, -0.2) is 32.6 Å². The summed E-state index contributed by atoms with van der Waals surface area (Å²) < 4.78 is 32.2. The SMILES string of the molecule is COc1ccccc1S(=O)(=O)NC1CCCC1C(=O)O. The molecule has 6 nitrogen and oxygen atoms in total. The maximum atomic E-state index is 12.4. The molecule has 0 heterocycles. The number of rotatable bonds is 5. The van der Waals surface area contributed by atoms with Gasteiger partial charge in [-0.05, 0) is 25.0 Å². The maximum absolute atomic E-state index is 12.4. The van der Waals surface area contributed by atoms with E-state index >= 15 is 0 Å². The zero-order chi connectivity index (χ0) is 14.8. The van der Waals surface area contributed by atoms with Crippen LogP contribution in [0.2, 0.25) is 0 Å². The van der Waals surface area contributed by atoms with E-state index in [2.05, 4.69) is 4.72 Å². The number of ether oxygens (including phenoxy) is 1. The molecule has 7 heteroatoms. The molecule has 2 unspecified atom stereocenters. The Bertz CT molecular complexity index is 599. The van der Waals surface area contributed by atoms with Crippen molar-refractivity contribution < 1.29 is 23.1 Å². The van der Waals surface area contributed by atoms with E-state index in [0.717, 1.165) is 0 Å². The first-order chi connectivity index (χ1) is 9.45. The molecule has 0 saturated heterocycles. The van der Waals surface area contributed by atoms with Crippen LogP contribution in [0.15, 0.2) is 29.2 Å². The predicted octanol–water partition coefficient (Wildman–Crippen LogP) is 1.23. The van der Waals surface area contributed by atoms with Crippen LogP contribution in [0.4, 0.5) is 0 Å². The summed E-state index contributed by atoms with van der Waals surface area (Å²) in [5.41, 5.74) is 0. The Hall–Kier alpha value is -1.60. The lowest BCUT2D eigenvalue weighted by atomic mass is 10.1. The molecule has 1 aliphatic rings. The fraction of sp³-hybridized carbons (Fsp3) is 0.462. The normalized spacial score (nSPS) is 22.6. The summed E-state index contributed by atoms with van der Waals surface area (Å²) in [5.74, 6) is -1.39. The van der Waals surface area contributed by atoms with Gasteiger partial charge >= 0.3 is 5.97 Å². The van der Waals surface area contributed by atoms with Gasteiger partial charge in [0.15, 0.2) is 0 Å². The van der Waals surface area contributed by atoms with Gasteiger partial charge in [0.2, 0.25) is 10.0 Å². The van der Waals surface area contributed by atoms with Crippen LogP contribution in [0.3, 0.4) is 0 Å². The highest BCUT2D eigenvalue weighted by Crippen LogP contribution is 2.29. The third-order valence-electron chi connectivity index (χ3n) is 3.50. The Morgan fingerprint density at radius 1 is 1.35 bits per heavy atom. The van der Waals surface area contributed by atoms with Crippen molar-refractivity contribution in [3.63, 3.8) is 0 Å². The van der Waals surface area contributed by atoms with Crippen LogP contribution in [-0.2, 0) is 14.8 Å². The van der Waals surface area contributed by atoms with Gasteiger partial charge in [0.1, 0.15) is 10.6 Å². The van der Waals surface area contributed by atoms with E-state index in [1.165, 1.54) is 13.2 Å². The Balaban J connectivity index is 2.25. The fourth-order valence-electron chi connectivity index (χ4n) is 2.50. The minimum absolute atomic E-state index is 0.0264. The van der Waals surface area contributed by atoms with E-state index in [1.54, 1.807) is 18.2 Å². The number of para-hydroxylation sites is 1. The lowest BCUT2D eigenvalue weighted by Crippen LogP contribution is -2.40. The molecule has 1 fully saturated rings. The van der Waals surface area contributed by atoms with Gasteiger partial charge < -0.3 is 9.84 Å². The van der Waals surface area contributed by atoms with E-state index in [9.17, 15) is 13.2 Å². The van der Waals surface area contributed by atoms with E-state index in [0.29, 0.717) is 19.3 Å². The molecule has 2 atom stereocenters. The molecule has 1 aliphatic carbocycles. The summed E-state index contributed by atoms with van der Waals surface area (Å²) in [4.78, 5) is 11.1. The predicted molar refractivity (Wildman–Crippen MR) is 72.1 cm³/mol. The van der Waals surface area contributed by atoms with E-state index in [-0.39, 0.29) is 10.6 Å². The third-order valence-corrected chi connectivity index (χ3v) is 5.03. The summed E-state index contributed by atoms with van der Waals surface area (Å²) in [7, 11) is -2.40. The topological polar surface area (TPSA) is 92.7 Å².